The Kier molecular flexibility index (Phi) is 7.07. The minimum Gasteiger partial charge on any atom is -0.378 e. The summed E-state index contributed by atoms with van der Waals surface area (Å²) >= 11 is 1.75. The fourth-order valence-electron chi connectivity index (χ4n) is 4.57. The Balaban J connectivity index is 1.22. The fraction of sp³-hybridized carbons (Fsp3) is 0.360. The largest absolute Gasteiger partial charge is 0.378 e. The molecule has 3 aromatic heterocycles. The summed E-state index contributed by atoms with van der Waals surface area (Å²) < 4.78 is 21.6. The van der Waals surface area contributed by atoms with Crippen LogP contribution in [-0.2, 0) is 22.3 Å². The Morgan fingerprint density at radius 1 is 0.973 bits per heavy atom. The lowest BCUT2D eigenvalue weighted by atomic mass is 10.3. The molecule has 1 unspecified atom stereocenters. The smallest absolute Gasteiger partial charge is 0.219 e. The number of nitrogens with zero attached hydrogens (tertiary/aromatic N) is 7. The minimum absolute atomic E-state index is 0.226. The van der Waals surface area contributed by atoms with E-state index in [9.17, 15) is 4.21 Å². The van der Waals surface area contributed by atoms with Gasteiger partial charge in [0.2, 0.25) is 5.95 Å². The molecule has 1 aromatic carbocycles. The van der Waals surface area contributed by atoms with E-state index in [0.717, 1.165) is 72.3 Å². The number of nitrogens with two attached hydrogens (primary N) is 1. The van der Waals surface area contributed by atoms with Crippen molar-refractivity contribution in [3.05, 3.63) is 53.7 Å². The monoisotopic (exact) mass is 536 g/mol. The summed E-state index contributed by atoms with van der Waals surface area (Å²) in [5.74, 6) is 1.75. The molecule has 2 aliphatic rings. The van der Waals surface area contributed by atoms with Gasteiger partial charge in [-0.3, -0.25) is 4.90 Å². The predicted octanol–water partition coefficient (Wildman–Crippen LogP) is 2.41. The quantitative estimate of drug-likeness (QED) is 0.397. The average molecular weight is 537 g/mol. The number of aromatic nitrogens is 4. The summed E-state index contributed by atoms with van der Waals surface area (Å²) in [5, 5.41) is 0. The molecule has 37 heavy (non-hydrogen) atoms. The minimum atomic E-state index is -1.12. The van der Waals surface area contributed by atoms with Gasteiger partial charge >= 0.3 is 0 Å². The number of fused-ring (bicyclic) bond motifs is 1. The number of thiophene rings is 1. The van der Waals surface area contributed by atoms with Gasteiger partial charge in [0, 0.05) is 63.1 Å². The van der Waals surface area contributed by atoms with Crippen LogP contribution in [0.5, 0.6) is 0 Å². The highest BCUT2D eigenvalue weighted by atomic mass is 32.2. The van der Waals surface area contributed by atoms with Crippen molar-refractivity contribution in [2.24, 2.45) is 0 Å². The summed E-state index contributed by atoms with van der Waals surface area (Å²) in [4.78, 5) is 24.8. The molecular weight excluding hydrogens is 508 g/mol. The van der Waals surface area contributed by atoms with Crippen LogP contribution in [0.2, 0.25) is 0 Å². The Bertz CT molecular complexity index is 1390. The molecule has 1 atom stereocenters. The molecule has 12 heteroatoms. The van der Waals surface area contributed by atoms with E-state index in [4.69, 9.17) is 20.4 Å². The molecule has 6 rings (SSSR count). The summed E-state index contributed by atoms with van der Waals surface area (Å²) in [6.07, 6.45) is 3.33. The highest BCUT2D eigenvalue weighted by molar-refractivity contribution is 7.82. The van der Waals surface area contributed by atoms with Crippen LogP contribution in [0.4, 0.5) is 11.8 Å². The van der Waals surface area contributed by atoms with E-state index in [1.54, 1.807) is 23.7 Å². The van der Waals surface area contributed by atoms with Crippen LogP contribution < -0.4 is 10.6 Å². The van der Waals surface area contributed by atoms with Gasteiger partial charge in [0.25, 0.3) is 0 Å². The Morgan fingerprint density at radius 3 is 2.43 bits per heavy atom. The summed E-state index contributed by atoms with van der Waals surface area (Å²) in [7, 11) is -1.12. The maximum absolute atomic E-state index is 12.9. The van der Waals surface area contributed by atoms with E-state index < -0.39 is 11.0 Å². The Labute approximate surface area is 221 Å². The molecule has 0 aliphatic carbocycles. The van der Waals surface area contributed by atoms with Gasteiger partial charge in [-0.25, -0.2) is 28.5 Å². The Hall–Kier alpha value is -3.03. The van der Waals surface area contributed by atoms with Crippen molar-refractivity contribution in [1.29, 1.82) is 0 Å². The van der Waals surface area contributed by atoms with Crippen LogP contribution in [-0.4, -0.2) is 85.8 Å². The second-order valence-corrected chi connectivity index (χ2v) is 11.6. The molecule has 2 aliphatic heterocycles. The third kappa shape index (κ3) is 5.34. The van der Waals surface area contributed by atoms with Gasteiger partial charge in [-0.1, -0.05) is 18.2 Å². The van der Waals surface area contributed by atoms with Crippen molar-refractivity contribution in [3.8, 4) is 11.4 Å². The predicted molar refractivity (Wildman–Crippen MR) is 146 cm³/mol. The number of morpholine rings is 1. The molecule has 0 amide bonds. The fourth-order valence-corrected chi connectivity index (χ4v) is 6.91. The van der Waals surface area contributed by atoms with Crippen molar-refractivity contribution in [3.63, 3.8) is 0 Å². The zero-order valence-corrected chi connectivity index (χ0v) is 22.0. The van der Waals surface area contributed by atoms with Crippen LogP contribution in [0, 0.1) is 0 Å². The van der Waals surface area contributed by atoms with Crippen LogP contribution in [0.15, 0.2) is 53.7 Å². The molecule has 2 saturated heterocycles. The normalized spacial score (nSPS) is 18.3. The second kappa shape index (κ2) is 10.8. The summed E-state index contributed by atoms with van der Waals surface area (Å²) in [5.41, 5.74) is 7.34. The lowest BCUT2D eigenvalue weighted by Gasteiger charge is -2.33. The zero-order valence-electron chi connectivity index (χ0n) is 20.3. The number of nitrogen functional groups attached to an aromatic ring is 1. The van der Waals surface area contributed by atoms with Crippen molar-refractivity contribution in [2.45, 2.75) is 11.4 Å². The molecule has 0 bridgehead atoms. The van der Waals surface area contributed by atoms with Gasteiger partial charge < -0.3 is 15.4 Å². The van der Waals surface area contributed by atoms with Crippen molar-refractivity contribution in [2.75, 3.05) is 63.1 Å². The number of anilines is 2. The molecule has 0 spiro atoms. The lowest BCUT2D eigenvalue weighted by Crippen LogP contribution is -2.46. The molecule has 4 aromatic rings. The molecule has 2 fully saturated rings. The van der Waals surface area contributed by atoms with Gasteiger partial charge in [0.15, 0.2) is 11.6 Å². The second-order valence-electron chi connectivity index (χ2n) is 8.99. The number of piperazine rings is 1. The number of ether oxygens (including phenoxy) is 1. The number of benzene rings is 1. The third-order valence-corrected chi connectivity index (χ3v) is 9.15. The topological polar surface area (TPSA) is 114 Å². The first-order chi connectivity index (χ1) is 18.1. The number of hydrogen-bond donors (Lipinski definition) is 1. The van der Waals surface area contributed by atoms with Gasteiger partial charge in [-0.05, 0) is 18.2 Å². The van der Waals surface area contributed by atoms with Crippen molar-refractivity contribution < 1.29 is 8.95 Å². The first-order valence-corrected chi connectivity index (χ1v) is 14.2. The highest BCUT2D eigenvalue weighted by Gasteiger charge is 2.24. The molecule has 0 radical (unpaired) electrons. The number of rotatable bonds is 6. The lowest BCUT2D eigenvalue weighted by molar-refractivity contribution is 0.122. The molecule has 10 nitrogen and oxygen atoms in total. The van der Waals surface area contributed by atoms with Crippen LogP contribution in [0.1, 0.15) is 4.88 Å². The first-order valence-electron chi connectivity index (χ1n) is 12.3. The van der Waals surface area contributed by atoms with E-state index in [1.807, 2.05) is 30.3 Å². The SMILES string of the molecule is Nc1ncc(-c2nc(N3CCOCC3)c3sc(CN4CCN(S(=O)c5ccccc5)CC4)cc3n2)cn1. The molecule has 5 heterocycles. The Morgan fingerprint density at radius 2 is 1.70 bits per heavy atom. The van der Waals surface area contributed by atoms with E-state index in [2.05, 4.69) is 30.1 Å². The van der Waals surface area contributed by atoms with Gasteiger partial charge in [-0.15, -0.1) is 11.3 Å². The summed E-state index contributed by atoms with van der Waals surface area (Å²) in [6.45, 7) is 7.03. The van der Waals surface area contributed by atoms with Gasteiger partial charge in [0.05, 0.1) is 33.9 Å². The zero-order chi connectivity index (χ0) is 25.2. The van der Waals surface area contributed by atoms with Gasteiger partial charge in [0.1, 0.15) is 11.0 Å². The molecular formula is C25H28N8O2S2. The molecule has 192 valence electrons. The maximum atomic E-state index is 12.9. The van der Waals surface area contributed by atoms with Crippen LogP contribution in [0.3, 0.4) is 0 Å². The van der Waals surface area contributed by atoms with E-state index in [-0.39, 0.29) is 5.95 Å². The van der Waals surface area contributed by atoms with E-state index in [1.165, 1.54) is 4.88 Å². The van der Waals surface area contributed by atoms with Gasteiger partial charge in [-0.2, -0.15) is 0 Å². The standard InChI is InChI=1S/C25H28N8O2S2/c26-25-27-15-18(16-28-25)23-29-21-14-19(36-22(21)24(30-23)32-10-12-35-13-11-32)17-31-6-8-33(9-7-31)37(34)20-4-2-1-3-5-20/h1-5,14-16H,6-13,17H2,(H2,26,27,28). The van der Waals surface area contributed by atoms with Crippen molar-refractivity contribution >= 4 is 44.3 Å². The molecule has 0 saturated carbocycles. The van der Waals surface area contributed by atoms with E-state index in [0.29, 0.717) is 19.0 Å². The van der Waals surface area contributed by atoms with E-state index >= 15 is 0 Å². The average Bonchev–Trinajstić information content (AvgIpc) is 3.36. The van der Waals surface area contributed by atoms with Crippen LogP contribution in [0.25, 0.3) is 21.6 Å². The molecule has 2 N–H and O–H groups in total. The maximum Gasteiger partial charge on any atom is 0.219 e. The number of hydrogen-bond acceptors (Lipinski definition) is 10. The van der Waals surface area contributed by atoms with Crippen molar-refractivity contribution in [1.82, 2.24) is 29.1 Å². The highest BCUT2D eigenvalue weighted by Crippen LogP contribution is 2.35. The first kappa shape index (κ1) is 24.3. The third-order valence-electron chi connectivity index (χ3n) is 6.54. The van der Waals surface area contributed by atoms with Crippen LogP contribution >= 0.6 is 11.3 Å². The summed E-state index contributed by atoms with van der Waals surface area (Å²) in [6, 6.07) is 11.8.